The van der Waals surface area contributed by atoms with E-state index in [0.717, 1.165) is 48.5 Å². The van der Waals surface area contributed by atoms with E-state index in [0.29, 0.717) is 18.4 Å². The molecule has 0 N–H and O–H groups in total. The zero-order valence-electron chi connectivity index (χ0n) is 14.3. The van der Waals surface area contributed by atoms with Crippen LogP contribution in [0.3, 0.4) is 0 Å². The predicted octanol–water partition coefficient (Wildman–Crippen LogP) is 3.02. The SMILES string of the molecule is Cc1cc(OCC2CCN(c3cnc4ccccc4n3)CC2)ncn1. The van der Waals surface area contributed by atoms with E-state index in [1.165, 1.54) is 0 Å². The topological polar surface area (TPSA) is 64.0 Å². The van der Waals surface area contributed by atoms with Gasteiger partial charge >= 0.3 is 0 Å². The molecule has 1 fully saturated rings. The molecule has 1 saturated heterocycles. The highest BCUT2D eigenvalue weighted by atomic mass is 16.5. The Morgan fingerprint density at radius 2 is 1.88 bits per heavy atom. The van der Waals surface area contributed by atoms with Crippen LogP contribution in [0.2, 0.25) is 0 Å². The number of fused-ring (bicyclic) bond motifs is 1. The lowest BCUT2D eigenvalue weighted by Gasteiger charge is -2.32. The number of hydrogen-bond donors (Lipinski definition) is 0. The van der Waals surface area contributed by atoms with Crippen molar-refractivity contribution in [2.24, 2.45) is 5.92 Å². The van der Waals surface area contributed by atoms with Crippen LogP contribution in [0.5, 0.6) is 5.88 Å². The van der Waals surface area contributed by atoms with Crippen molar-refractivity contribution in [1.82, 2.24) is 19.9 Å². The van der Waals surface area contributed by atoms with E-state index in [-0.39, 0.29) is 0 Å². The number of benzene rings is 1. The molecule has 0 amide bonds. The third kappa shape index (κ3) is 3.68. The molecule has 3 aromatic rings. The Labute approximate surface area is 146 Å². The minimum absolute atomic E-state index is 0.542. The zero-order chi connectivity index (χ0) is 17.1. The maximum atomic E-state index is 5.83. The number of anilines is 1. The van der Waals surface area contributed by atoms with Crippen molar-refractivity contribution in [3.05, 3.63) is 48.5 Å². The molecule has 1 aliphatic heterocycles. The molecule has 1 aromatic carbocycles. The quantitative estimate of drug-likeness (QED) is 0.730. The Hall–Kier alpha value is -2.76. The third-order valence-corrected chi connectivity index (χ3v) is 4.62. The molecule has 0 bridgehead atoms. The van der Waals surface area contributed by atoms with Crippen molar-refractivity contribution >= 4 is 16.9 Å². The van der Waals surface area contributed by atoms with Gasteiger partial charge in [-0.15, -0.1) is 0 Å². The number of para-hydroxylation sites is 2. The largest absolute Gasteiger partial charge is 0.477 e. The first-order chi connectivity index (χ1) is 12.3. The number of aryl methyl sites for hydroxylation is 1. The van der Waals surface area contributed by atoms with Gasteiger partial charge in [0.1, 0.15) is 12.1 Å². The average Bonchev–Trinajstić information content (AvgIpc) is 2.66. The van der Waals surface area contributed by atoms with Gasteiger partial charge < -0.3 is 9.64 Å². The van der Waals surface area contributed by atoms with Gasteiger partial charge in [0.15, 0.2) is 0 Å². The van der Waals surface area contributed by atoms with Gasteiger partial charge in [0.25, 0.3) is 0 Å². The maximum Gasteiger partial charge on any atom is 0.216 e. The van der Waals surface area contributed by atoms with Crippen LogP contribution in [-0.4, -0.2) is 39.6 Å². The number of nitrogens with zero attached hydrogens (tertiary/aromatic N) is 5. The second-order valence-corrected chi connectivity index (χ2v) is 6.46. The molecule has 1 aliphatic rings. The molecule has 3 heterocycles. The van der Waals surface area contributed by atoms with Gasteiger partial charge in [-0.25, -0.2) is 15.0 Å². The lowest BCUT2D eigenvalue weighted by molar-refractivity contribution is 0.215. The van der Waals surface area contributed by atoms with Crippen molar-refractivity contribution < 1.29 is 4.74 Å². The van der Waals surface area contributed by atoms with Crippen molar-refractivity contribution in [1.29, 1.82) is 0 Å². The standard InChI is InChI=1S/C19H21N5O/c1-14-10-19(22-13-21-14)25-12-15-6-8-24(9-7-15)18-11-20-16-4-2-3-5-17(16)23-18/h2-5,10-11,13,15H,6-9,12H2,1H3. The number of piperidine rings is 1. The van der Waals surface area contributed by atoms with E-state index in [4.69, 9.17) is 9.72 Å². The van der Waals surface area contributed by atoms with Crippen molar-refractivity contribution in [3.63, 3.8) is 0 Å². The Bertz CT molecular complexity index is 861. The molecule has 0 radical (unpaired) electrons. The molecule has 25 heavy (non-hydrogen) atoms. The van der Waals surface area contributed by atoms with Crippen LogP contribution in [0.25, 0.3) is 11.0 Å². The molecule has 6 nitrogen and oxygen atoms in total. The van der Waals surface area contributed by atoms with Crippen LogP contribution < -0.4 is 9.64 Å². The second kappa shape index (κ2) is 7.01. The number of hydrogen-bond acceptors (Lipinski definition) is 6. The first kappa shape index (κ1) is 15.7. The molecule has 128 valence electrons. The summed E-state index contributed by atoms with van der Waals surface area (Å²) >= 11 is 0. The molecule has 0 saturated carbocycles. The molecule has 0 spiro atoms. The van der Waals surface area contributed by atoms with Crippen molar-refractivity contribution in [3.8, 4) is 5.88 Å². The molecule has 2 aromatic heterocycles. The van der Waals surface area contributed by atoms with Gasteiger partial charge in [0.05, 0.1) is 23.8 Å². The summed E-state index contributed by atoms with van der Waals surface area (Å²) < 4.78 is 5.83. The summed E-state index contributed by atoms with van der Waals surface area (Å²) in [6, 6.07) is 9.86. The van der Waals surface area contributed by atoms with Crippen molar-refractivity contribution in [2.75, 3.05) is 24.6 Å². The second-order valence-electron chi connectivity index (χ2n) is 6.46. The first-order valence-corrected chi connectivity index (χ1v) is 8.66. The van der Waals surface area contributed by atoms with Gasteiger partial charge in [-0.3, -0.25) is 4.98 Å². The number of ether oxygens (including phenoxy) is 1. The van der Waals surface area contributed by atoms with E-state index >= 15 is 0 Å². The minimum Gasteiger partial charge on any atom is -0.477 e. The van der Waals surface area contributed by atoms with Gasteiger partial charge in [-0.1, -0.05) is 12.1 Å². The molecule has 0 unspecified atom stereocenters. The summed E-state index contributed by atoms with van der Waals surface area (Å²) in [7, 11) is 0. The highest BCUT2D eigenvalue weighted by Gasteiger charge is 2.21. The summed E-state index contributed by atoms with van der Waals surface area (Å²) in [5.74, 6) is 2.17. The van der Waals surface area contributed by atoms with E-state index in [2.05, 4.69) is 19.9 Å². The normalized spacial score (nSPS) is 15.5. The smallest absolute Gasteiger partial charge is 0.216 e. The number of rotatable bonds is 4. The summed E-state index contributed by atoms with van der Waals surface area (Å²) in [5.41, 5.74) is 2.81. The Balaban J connectivity index is 1.34. The Morgan fingerprint density at radius 1 is 1.08 bits per heavy atom. The highest BCUT2D eigenvalue weighted by Crippen LogP contribution is 2.23. The summed E-state index contributed by atoms with van der Waals surface area (Å²) in [4.78, 5) is 19.8. The highest BCUT2D eigenvalue weighted by molar-refractivity contribution is 5.75. The first-order valence-electron chi connectivity index (χ1n) is 8.66. The molecular weight excluding hydrogens is 314 g/mol. The summed E-state index contributed by atoms with van der Waals surface area (Å²) in [6.45, 7) is 4.60. The zero-order valence-corrected chi connectivity index (χ0v) is 14.3. The summed E-state index contributed by atoms with van der Waals surface area (Å²) in [5, 5.41) is 0. The molecular formula is C19H21N5O. The van der Waals surface area contributed by atoms with E-state index in [1.807, 2.05) is 43.5 Å². The molecule has 6 heteroatoms. The third-order valence-electron chi connectivity index (χ3n) is 4.62. The fourth-order valence-electron chi connectivity index (χ4n) is 3.14. The average molecular weight is 335 g/mol. The van der Waals surface area contributed by atoms with Gasteiger partial charge in [0.2, 0.25) is 5.88 Å². The van der Waals surface area contributed by atoms with Crippen LogP contribution in [0, 0.1) is 12.8 Å². The minimum atomic E-state index is 0.542. The van der Waals surface area contributed by atoms with Crippen LogP contribution in [0.4, 0.5) is 5.82 Å². The Kier molecular flexibility index (Phi) is 4.41. The maximum absolute atomic E-state index is 5.83. The van der Waals surface area contributed by atoms with E-state index < -0.39 is 0 Å². The van der Waals surface area contributed by atoms with Gasteiger partial charge in [-0.2, -0.15) is 0 Å². The lowest BCUT2D eigenvalue weighted by Crippen LogP contribution is -2.36. The lowest BCUT2D eigenvalue weighted by atomic mass is 9.98. The molecule has 0 aliphatic carbocycles. The monoisotopic (exact) mass is 335 g/mol. The fourth-order valence-corrected chi connectivity index (χ4v) is 3.14. The van der Waals surface area contributed by atoms with Crippen LogP contribution >= 0.6 is 0 Å². The van der Waals surface area contributed by atoms with Crippen molar-refractivity contribution in [2.45, 2.75) is 19.8 Å². The summed E-state index contributed by atoms with van der Waals surface area (Å²) in [6.07, 6.45) is 5.59. The van der Waals surface area contributed by atoms with Gasteiger partial charge in [0, 0.05) is 24.8 Å². The van der Waals surface area contributed by atoms with E-state index in [9.17, 15) is 0 Å². The molecule has 4 rings (SSSR count). The van der Waals surface area contributed by atoms with Crippen LogP contribution in [0.15, 0.2) is 42.9 Å². The van der Waals surface area contributed by atoms with E-state index in [1.54, 1.807) is 6.33 Å². The van der Waals surface area contributed by atoms with Gasteiger partial charge in [-0.05, 0) is 37.8 Å². The fraction of sp³-hybridized carbons (Fsp3) is 0.368. The predicted molar refractivity (Wildman–Crippen MR) is 96.7 cm³/mol. The van der Waals surface area contributed by atoms with Crippen LogP contribution in [0.1, 0.15) is 18.5 Å². The molecule has 0 atom stereocenters. The Morgan fingerprint density at radius 3 is 2.68 bits per heavy atom. The van der Waals surface area contributed by atoms with Crippen LogP contribution in [-0.2, 0) is 0 Å². The number of aromatic nitrogens is 4.